The summed E-state index contributed by atoms with van der Waals surface area (Å²) in [7, 11) is 1.12. The van der Waals surface area contributed by atoms with Gasteiger partial charge >= 0.3 is 12.1 Å². The SMILES string of the molecule is COC(=O)[C@H](N)Cc1c(C(F)(F)F)n[nH]c1C. The minimum atomic E-state index is -4.57. The van der Waals surface area contributed by atoms with Crippen LogP contribution in [0.1, 0.15) is 17.0 Å². The quantitative estimate of drug-likeness (QED) is 0.778. The molecule has 0 aliphatic carbocycles. The first-order valence-electron chi connectivity index (χ1n) is 4.71. The maximum absolute atomic E-state index is 12.6. The lowest BCUT2D eigenvalue weighted by Gasteiger charge is -2.11. The van der Waals surface area contributed by atoms with Gasteiger partial charge in [0.1, 0.15) is 6.04 Å². The molecule has 1 aromatic heterocycles. The second-order valence-corrected chi connectivity index (χ2v) is 3.51. The number of aromatic amines is 1. The Morgan fingerprint density at radius 3 is 2.65 bits per heavy atom. The van der Waals surface area contributed by atoms with Gasteiger partial charge in [0.25, 0.3) is 0 Å². The highest BCUT2D eigenvalue weighted by molar-refractivity contribution is 5.75. The Kier molecular flexibility index (Phi) is 3.76. The average molecular weight is 251 g/mol. The Hall–Kier alpha value is -1.57. The van der Waals surface area contributed by atoms with Gasteiger partial charge in [0.2, 0.25) is 0 Å². The highest BCUT2D eigenvalue weighted by atomic mass is 19.4. The number of nitrogens with zero attached hydrogens (tertiary/aromatic N) is 1. The Morgan fingerprint density at radius 2 is 2.18 bits per heavy atom. The molecule has 0 saturated heterocycles. The molecule has 0 spiro atoms. The molecule has 0 radical (unpaired) electrons. The van der Waals surface area contributed by atoms with Crippen LogP contribution >= 0.6 is 0 Å². The van der Waals surface area contributed by atoms with E-state index in [1.54, 1.807) is 0 Å². The van der Waals surface area contributed by atoms with E-state index in [0.717, 1.165) is 7.11 Å². The summed E-state index contributed by atoms with van der Waals surface area (Å²) in [6, 6.07) is -1.14. The molecular weight excluding hydrogens is 239 g/mol. The fourth-order valence-corrected chi connectivity index (χ4v) is 1.39. The monoisotopic (exact) mass is 251 g/mol. The molecule has 96 valence electrons. The van der Waals surface area contributed by atoms with Crippen molar-refractivity contribution >= 4 is 5.97 Å². The molecule has 1 aromatic rings. The number of nitrogens with two attached hydrogens (primary N) is 1. The molecule has 0 fully saturated rings. The van der Waals surface area contributed by atoms with Gasteiger partial charge < -0.3 is 10.5 Å². The molecule has 0 aliphatic heterocycles. The van der Waals surface area contributed by atoms with Crippen LogP contribution in [0.3, 0.4) is 0 Å². The van der Waals surface area contributed by atoms with Gasteiger partial charge in [0.15, 0.2) is 5.69 Å². The third-order valence-corrected chi connectivity index (χ3v) is 2.27. The van der Waals surface area contributed by atoms with Crippen molar-refractivity contribution in [3.63, 3.8) is 0 Å². The number of carbonyl (C=O) groups excluding carboxylic acids is 1. The molecule has 1 rings (SSSR count). The minimum absolute atomic E-state index is 0.115. The fourth-order valence-electron chi connectivity index (χ4n) is 1.39. The first-order chi connectivity index (χ1) is 7.77. The standard InChI is InChI=1S/C9H12F3N3O2/c1-4-5(3-6(13)8(16)17-2)7(15-14-4)9(10,11)12/h6H,3,13H2,1-2H3,(H,14,15)/t6-/m1/s1. The first kappa shape index (κ1) is 13.5. The van der Waals surface area contributed by atoms with Crippen molar-refractivity contribution in [1.29, 1.82) is 0 Å². The number of nitrogens with one attached hydrogen (secondary N) is 1. The molecule has 5 nitrogen and oxygen atoms in total. The number of aromatic nitrogens is 2. The zero-order valence-corrected chi connectivity index (χ0v) is 9.26. The van der Waals surface area contributed by atoms with E-state index >= 15 is 0 Å². The summed E-state index contributed by atoms with van der Waals surface area (Å²) in [5, 5.41) is 5.40. The summed E-state index contributed by atoms with van der Waals surface area (Å²) in [4.78, 5) is 11.1. The van der Waals surface area contributed by atoms with E-state index in [9.17, 15) is 18.0 Å². The van der Waals surface area contributed by atoms with Crippen molar-refractivity contribution in [2.75, 3.05) is 7.11 Å². The van der Waals surface area contributed by atoms with Crippen molar-refractivity contribution in [3.05, 3.63) is 17.0 Å². The van der Waals surface area contributed by atoms with E-state index < -0.39 is 23.9 Å². The van der Waals surface area contributed by atoms with Crippen LogP contribution in [-0.2, 0) is 22.1 Å². The lowest BCUT2D eigenvalue weighted by atomic mass is 10.0. The molecule has 3 N–H and O–H groups in total. The summed E-state index contributed by atoms with van der Waals surface area (Å²) in [5.41, 5.74) is 4.49. The number of alkyl halides is 3. The average Bonchev–Trinajstić information content (AvgIpc) is 2.58. The van der Waals surface area contributed by atoms with Gasteiger partial charge in [0.05, 0.1) is 7.11 Å². The fraction of sp³-hybridized carbons (Fsp3) is 0.556. The van der Waals surface area contributed by atoms with E-state index in [1.165, 1.54) is 6.92 Å². The largest absolute Gasteiger partial charge is 0.468 e. The van der Waals surface area contributed by atoms with Gasteiger partial charge in [-0.05, 0) is 6.92 Å². The topological polar surface area (TPSA) is 81.0 Å². The van der Waals surface area contributed by atoms with Crippen LogP contribution in [0.25, 0.3) is 0 Å². The number of halogens is 3. The van der Waals surface area contributed by atoms with Crippen LogP contribution in [0.5, 0.6) is 0 Å². The van der Waals surface area contributed by atoms with Crippen molar-refractivity contribution < 1.29 is 22.7 Å². The summed E-state index contributed by atoms with van der Waals surface area (Å²) in [6.45, 7) is 1.43. The molecule has 0 aromatic carbocycles. The molecule has 0 unspecified atom stereocenters. The van der Waals surface area contributed by atoms with Gasteiger partial charge in [-0.25, -0.2) is 0 Å². The van der Waals surface area contributed by atoms with Crippen LogP contribution in [0.15, 0.2) is 0 Å². The second kappa shape index (κ2) is 4.74. The number of H-pyrrole nitrogens is 1. The van der Waals surface area contributed by atoms with Gasteiger partial charge in [-0.2, -0.15) is 18.3 Å². The second-order valence-electron chi connectivity index (χ2n) is 3.51. The number of rotatable bonds is 3. The van der Waals surface area contributed by atoms with E-state index in [1.807, 2.05) is 0 Å². The number of ether oxygens (including phenoxy) is 1. The molecule has 0 bridgehead atoms. The molecule has 1 atom stereocenters. The maximum Gasteiger partial charge on any atom is 0.435 e. The predicted octanol–water partition coefficient (Wildman–Crippen LogP) is 0.780. The maximum atomic E-state index is 12.6. The Bertz CT molecular complexity index is 414. The van der Waals surface area contributed by atoms with E-state index in [-0.39, 0.29) is 17.7 Å². The van der Waals surface area contributed by atoms with Gasteiger partial charge in [0, 0.05) is 17.7 Å². The number of esters is 1. The zero-order valence-electron chi connectivity index (χ0n) is 9.26. The Morgan fingerprint density at radius 1 is 1.59 bits per heavy atom. The van der Waals surface area contributed by atoms with E-state index in [2.05, 4.69) is 14.9 Å². The highest BCUT2D eigenvalue weighted by Crippen LogP contribution is 2.31. The zero-order chi connectivity index (χ0) is 13.2. The normalized spacial score (nSPS) is 13.5. The first-order valence-corrected chi connectivity index (χ1v) is 4.71. The smallest absolute Gasteiger partial charge is 0.435 e. The molecule has 0 amide bonds. The van der Waals surface area contributed by atoms with Crippen LogP contribution in [0.4, 0.5) is 13.2 Å². The molecule has 8 heteroatoms. The van der Waals surface area contributed by atoms with Crippen LogP contribution in [-0.4, -0.2) is 29.3 Å². The Labute approximate surface area is 95.1 Å². The molecular formula is C9H12F3N3O2. The number of aryl methyl sites for hydroxylation is 1. The molecule has 0 saturated carbocycles. The number of hydrogen-bond acceptors (Lipinski definition) is 4. The van der Waals surface area contributed by atoms with Crippen LogP contribution < -0.4 is 5.73 Å². The van der Waals surface area contributed by atoms with E-state index in [4.69, 9.17) is 5.73 Å². The highest BCUT2D eigenvalue weighted by Gasteiger charge is 2.38. The molecule has 0 aliphatic rings. The third kappa shape index (κ3) is 2.96. The minimum Gasteiger partial charge on any atom is -0.468 e. The molecule has 1 heterocycles. The van der Waals surface area contributed by atoms with Gasteiger partial charge in [-0.3, -0.25) is 9.89 Å². The van der Waals surface area contributed by atoms with Crippen molar-refractivity contribution in [2.45, 2.75) is 25.6 Å². The summed E-state index contributed by atoms with van der Waals surface area (Å²) in [5.74, 6) is -0.765. The van der Waals surface area contributed by atoms with Gasteiger partial charge in [-0.15, -0.1) is 0 Å². The summed E-state index contributed by atoms with van der Waals surface area (Å²) < 4.78 is 42.0. The van der Waals surface area contributed by atoms with Gasteiger partial charge in [-0.1, -0.05) is 0 Å². The number of carbonyl (C=O) groups is 1. The van der Waals surface area contributed by atoms with Crippen LogP contribution in [0.2, 0.25) is 0 Å². The summed E-state index contributed by atoms with van der Waals surface area (Å²) in [6.07, 6.45) is -4.85. The lowest BCUT2D eigenvalue weighted by molar-refractivity contribution is -0.144. The number of methoxy groups -OCH3 is 1. The summed E-state index contributed by atoms with van der Waals surface area (Å²) >= 11 is 0. The lowest BCUT2D eigenvalue weighted by Crippen LogP contribution is -2.34. The molecule has 17 heavy (non-hydrogen) atoms. The van der Waals surface area contributed by atoms with Crippen molar-refractivity contribution in [3.8, 4) is 0 Å². The van der Waals surface area contributed by atoms with Crippen LogP contribution in [0, 0.1) is 6.92 Å². The van der Waals surface area contributed by atoms with E-state index in [0.29, 0.717) is 0 Å². The number of hydrogen-bond donors (Lipinski definition) is 2. The van der Waals surface area contributed by atoms with Crippen molar-refractivity contribution in [2.24, 2.45) is 5.73 Å². The van der Waals surface area contributed by atoms with Crippen molar-refractivity contribution in [1.82, 2.24) is 10.2 Å². The third-order valence-electron chi connectivity index (χ3n) is 2.27. The predicted molar refractivity (Wildman–Crippen MR) is 52.0 cm³/mol. The Balaban J connectivity index is 2.98.